The molecule has 0 aliphatic carbocycles. The van der Waals surface area contributed by atoms with Crippen molar-refractivity contribution in [3.8, 4) is 17.6 Å². The molecular formula is C19H16N2O3S. The smallest absolute Gasteiger partial charge is 0.191 e. The van der Waals surface area contributed by atoms with Gasteiger partial charge < -0.3 is 19.9 Å². The van der Waals surface area contributed by atoms with Crippen molar-refractivity contribution in [2.24, 2.45) is 0 Å². The number of nitrogens with one attached hydrogen (secondary N) is 1. The molecule has 25 heavy (non-hydrogen) atoms. The molecule has 0 aromatic heterocycles. The molecule has 0 saturated carbocycles. The summed E-state index contributed by atoms with van der Waals surface area (Å²) in [5, 5.41) is 23.8. The summed E-state index contributed by atoms with van der Waals surface area (Å²) in [5.74, 6) is 1.35. The van der Waals surface area contributed by atoms with Crippen LogP contribution in [0.1, 0.15) is 11.1 Å². The Morgan fingerprint density at radius 3 is 2.00 bits per heavy atom. The third-order valence-corrected chi connectivity index (χ3v) is 4.44. The second-order valence-electron chi connectivity index (χ2n) is 5.48. The van der Waals surface area contributed by atoms with Crippen LogP contribution < -0.4 is 14.8 Å². The molecule has 1 unspecified atom stereocenters. The van der Waals surface area contributed by atoms with Crippen molar-refractivity contribution in [3.63, 3.8) is 0 Å². The molecule has 0 amide bonds. The third-order valence-electron chi connectivity index (χ3n) is 4.13. The average Bonchev–Trinajstić information content (AvgIpc) is 2.92. The highest BCUT2D eigenvalue weighted by molar-refractivity contribution is 7.80. The molecule has 3 rings (SSSR count). The first-order valence-corrected chi connectivity index (χ1v) is 7.93. The highest BCUT2D eigenvalue weighted by atomic mass is 32.1. The van der Waals surface area contributed by atoms with Crippen molar-refractivity contribution in [2.75, 3.05) is 14.2 Å². The number of rotatable bonds is 4. The van der Waals surface area contributed by atoms with Crippen LogP contribution in [-0.4, -0.2) is 24.3 Å². The van der Waals surface area contributed by atoms with Crippen LogP contribution in [0.15, 0.2) is 54.1 Å². The van der Waals surface area contributed by atoms with Crippen LogP contribution in [0.3, 0.4) is 0 Å². The Labute approximate surface area is 151 Å². The van der Waals surface area contributed by atoms with Gasteiger partial charge in [-0.15, -0.1) is 0 Å². The van der Waals surface area contributed by atoms with E-state index in [1.807, 2.05) is 0 Å². The van der Waals surface area contributed by atoms with Crippen molar-refractivity contribution in [2.45, 2.75) is 5.72 Å². The molecule has 1 aliphatic heterocycles. The van der Waals surface area contributed by atoms with E-state index in [0.717, 1.165) is 0 Å². The lowest BCUT2D eigenvalue weighted by molar-refractivity contribution is 0.0894. The minimum Gasteiger partial charge on any atom is -0.497 e. The standard InChI is InChI=1S/C19H16N2O3S/c1-23-14-7-3-12(4-8-14)17-16(11-20)18(25)21-19(17,22)13-5-9-15(24-2)10-6-13/h3-10,22H,1-2H3,(H,21,25). The molecule has 1 aliphatic rings. The van der Waals surface area contributed by atoms with Gasteiger partial charge in [0.1, 0.15) is 22.6 Å². The molecule has 0 saturated heterocycles. The SMILES string of the molecule is COc1ccc(C2=C(C#N)C(=S)NC2(O)c2ccc(OC)cc2)cc1. The zero-order chi connectivity index (χ0) is 18.0. The van der Waals surface area contributed by atoms with E-state index in [9.17, 15) is 10.4 Å². The number of nitriles is 1. The van der Waals surface area contributed by atoms with Gasteiger partial charge in [0.2, 0.25) is 0 Å². The van der Waals surface area contributed by atoms with Crippen LogP contribution >= 0.6 is 12.2 Å². The number of benzene rings is 2. The molecule has 0 spiro atoms. The maximum absolute atomic E-state index is 11.4. The van der Waals surface area contributed by atoms with Crippen LogP contribution in [0.4, 0.5) is 0 Å². The zero-order valence-corrected chi connectivity index (χ0v) is 14.6. The van der Waals surface area contributed by atoms with Gasteiger partial charge in [-0.3, -0.25) is 0 Å². The van der Waals surface area contributed by atoms with Crippen LogP contribution in [-0.2, 0) is 5.72 Å². The van der Waals surface area contributed by atoms with E-state index >= 15 is 0 Å². The van der Waals surface area contributed by atoms with Crippen LogP contribution in [0.5, 0.6) is 11.5 Å². The van der Waals surface area contributed by atoms with Gasteiger partial charge in [0.05, 0.1) is 19.8 Å². The van der Waals surface area contributed by atoms with E-state index < -0.39 is 5.72 Å². The minimum absolute atomic E-state index is 0.214. The lowest BCUT2D eigenvalue weighted by atomic mass is 9.89. The van der Waals surface area contributed by atoms with E-state index in [-0.39, 0.29) is 10.6 Å². The van der Waals surface area contributed by atoms with Crippen molar-refractivity contribution in [1.82, 2.24) is 5.32 Å². The van der Waals surface area contributed by atoms with Crippen molar-refractivity contribution < 1.29 is 14.6 Å². The first kappa shape index (κ1) is 17.0. The Balaban J connectivity index is 2.15. The van der Waals surface area contributed by atoms with Gasteiger partial charge in [0.25, 0.3) is 0 Å². The molecule has 1 heterocycles. The molecule has 0 bridgehead atoms. The fourth-order valence-electron chi connectivity index (χ4n) is 2.85. The lowest BCUT2D eigenvalue weighted by Crippen LogP contribution is -2.40. The topological polar surface area (TPSA) is 74.5 Å². The fourth-order valence-corrected chi connectivity index (χ4v) is 3.15. The predicted molar refractivity (Wildman–Crippen MR) is 98.2 cm³/mol. The summed E-state index contributed by atoms with van der Waals surface area (Å²) in [6, 6.07) is 16.2. The van der Waals surface area contributed by atoms with E-state index in [0.29, 0.717) is 28.2 Å². The summed E-state index contributed by atoms with van der Waals surface area (Å²) in [4.78, 5) is 0.214. The molecule has 2 aromatic carbocycles. The highest BCUT2D eigenvalue weighted by Crippen LogP contribution is 2.41. The number of nitrogens with zero attached hydrogens (tertiary/aromatic N) is 1. The average molecular weight is 352 g/mol. The van der Waals surface area contributed by atoms with Gasteiger partial charge >= 0.3 is 0 Å². The molecule has 2 N–H and O–H groups in total. The van der Waals surface area contributed by atoms with E-state index in [1.165, 1.54) is 0 Å². The molecule has 6 heteroatoms. The molecule has 2 aromatic rings. The van der Waals surface area contributed by atoms with Gasteiger partial charge in [-0.1, -0.05) is 36.5 Å². The van der Waals surface area contributed by atoms with Gasteiger partial charge in [-0.2, -0.15) is 5.26 Å². The number of hydrogen-bond donors (Lipinski definition) is 2. The first-order valence-electron chi connectivity index (χ1n) is 7.52. The Morgan fingerprint density at radius 2 is 1.52 bits per heavy atom. The van der Waals surface area contributed by atoms with E-state index in [4.69, 9.17) is 21.7 Å². The second-order valence-corrected chi connectivity index (χ2v) is 5.89. The Morgan fingerprint density at radius 1 is 1.00 bits per heavy atom. The maximum atomic E-state index is 11.4. The summed E-state index contributed by atoms with van der Waals surface area (Å²) in [6.07, 6.45) is 0. The minimum atomic E-state index is -1.59. The molecule has 5 nitrogen and oxygen atoms in total. The molecule has 1 atom stereocenters. The second kappa shape index (κ2) is 6.55. The van der Waals surface area contributed by atoms with Gasteiger partial charge in [-0.25, -0.2) is 0 Å². The summed E-state index contributed by atoms with van der Waals surface area (Å²) >= 11 is 5.26. The Bertz CT molecular complexity index is 882. The van der Waals surface area contributed by atoms with Crippen molar-refractivity contribution in [3.05, 3.63) is 65.2 Å². The maximum Gasteiger partial charge on any atom is 0.191 e. The molecular weight excluding hydrogens is 336 g/mol. The number of ether oxygens (including phenoxy) is 2. The van der Waals surface area contributed by atoms with Crippen LogP contribution in [0, 0.1) is 11.3 Å². The first-order chi connectivity index (χ1) is 12.0. The van der Waals surface area contributed by atoms with Crippen LogP contribution in [0.25, 0.3) is 5.57 Å². The third kappa shape index (κ3) is 2.84. The van der Waals surface area contributed by atoms with Gasteiger partial charge in [0.15, 0.2) is 5.72 Å². The zero-order valence-electron chi connectivity index (χ0n) is 13.7. The summed E-state index contributed by atoms with van der Waals surface area (Å²) in [6.45, 7) is 0. The van der Waals surface area contributed by atoms with Crippen molar-refractivity contribution in [1.29, 1.82) is 5.26 Å². The highest BCUT2D eigenvalue weighted by Gasteiger charge is 2.44. The fraction of sp³-hybridized carbons (Fsp3) is 0.158. The van der Waals surface area contributed by atoms with E-state index in [1.54, 1.807) is 62.8 Å². The normalized spacial score (nSPS) is 19.4. The molecule has 0 fully saturated rings. The summed E-state index contributed by atoms with van der Waals surface area (Å²) in [7, 11) is 3.15. The quantitative estimate of drug-likeness (QED) is 0.824. The Kier molecular flexibility index (Phi) is 4.45. The number of aliphatic hydroxyl groups is 1. The number of methoxy groups -OCH3 is 2. The Hall–Kier alpha value is -2.88. The summed E-state index contributed by atoms with van der Waals surface area (Å²) in [5.41, 5.74) is 0.323. The number of thiocarbonyl (C=S) groups is 1. The predicted octanol–water partition coefficient (Wildman–Crippen LogP) is 2.76. The van der Waals surface area contributed by atoms with Gasteiger partial charge in [0, 0.05) is 11.1 Å². The molecule has 126 valence electrons. The monoisotopic (exact) mass is 352 g/mol. The summed E-state index contributed by atoms with van der Waals surface area (Å²) < 4.78 is 10.3. The molecule has 0 radical (unpaired) electrons. The number of hydrogen-bond acceptors (Lipinski definition) is 5. The lowest BCUT2D eigenvalue weighted by Gasteiger charge is -2.28. The van der Waals surface area contributed by atoms with Gasteiger partial charge in [-0.05, 0) is 29.8 Å². The van der Waals surface area contributed by atoms with E-state index in [2.05, 4.69) is 11.4 Å². The van der Waals surface area contributed by atoms with Crippen LogP contribution in [0.2, 0.25) is 0 Å². The van der Waals surface area contributed by atoms with Crippen molar-refractivity contribution >= 4 is 22.8 Å². The largest absolute Gasteiger partial charge is 0.497 e.